The van der Waals surface area contributed by atoms with Crippen molar-refractivity contribution in [1.29, 1.82) is 0 Å². The molecule has 20 heavy (non-hydrogen) atoms. The fourth-order valence-corrected chi connectivity index (χ4v) is 2.09. The SMILES string of the molecule is Cc1ccoc1CNC(C)CC(O)c1ccc(F)cc1. The number of hydrogen-bond donors (Lipinski definition) is 2. The third kappa shape index (κ3) is 3.92. The van der Waals surface area contributed by atoms with E-state index in [0.717, 1.165) is 16.9 Å². The largest absolute Gasteiger partial charge is 0.468 e. The maximum absolute atomic E-state index is 12.8. The summed E-state index contributed by atoms with van der Waals surface area (Å²) in [6.45, 7) is 4.64. The maximum Gasteiger partial charge on any atom is 0.123 e. The van der Waals surface area contributed by atoms with Crippen molar-refractivity contribution in [3.8, 4) is 0 Å². The zero-order valence-corrected chi connectivity index (χ0v) is 11.8. The lowest BCUT2D eigenvalue weighted by Gasteiger charge is -2.18. The number of aryl methyl sites for hydroxylation is 1. The first-order chi connectivity index (χ1) is 9.56. The smallest absolute Gasteiger partial charge is 0.123 e. The van der Waals surface area contributed by atoms with Crippen molar-refractivity contribution < 1.29 is 13.9 Å². The number of halogens is 1. The van der Waals surface area contributed by atoms with Crippen LogP contribution in [0.15, 0.2) is 41.0 Å². The molecule has 0 aliphatic rings. The average molecular weight is 277 g/mol. The summed E-state index contributed by atoms with van der Waals surface area (Å²) >= 11 is 0. The van der Waals surface area contributed by atoms with E-state index < -0.39 is 6.10 Å². The Labute approximate surface area is 118 Å². The van der Waals surface area contributed by atoms with Crippen molar-refractivity contribution in [2.24, 2.45) is 0 Å². The predicted octanol–water partition coefficient (Wildman–Crippen LogP) is 3.33. The highest BCUT2D eigenvalue weighted by Gasteiger charge is 2.13. The van der Waals surface area contributed by atoms with Gasteiger partial charge in [-0.05, 0) is 49.6 Å². The van der Waals surface area contributed by atoms with Crippen LogP contribution < -0.4 is 5.32 Å². The van der Waals surface area contributed by atoms with Crippen LogP contribution in [0.2, 0.25) is 0 Å². The Morgan fingerprint density at radius 1 is 1.25 bits per heavy atom. The lowest BCUT2D eigenvalue weighted by atomic mass is 10.0. The average Bonchev–Trinajstić information content (AvgIpc) is 2.82. The lowest BCUT2D eigenvalue weighted by molar-refractivity contribution is 0.153. The molecular weight excluding hydrogens is 257 g/mol. The van der Waals surface area contributed by atoms with Crippen LogP contribution in [0.25, 0.3) is 0 Å². The molecule has 108 valence electrons. The van der Waals surface area contributed by atoms with Gasteiger partial charge in [-0.2, -0.15) is 0 Å². The molecule has 1 heterocycles. The number of aliphatic hydroxyl groups excluding tert-OH is 1. The zero-order chi connectivity index (χ0) is 14.5. The van der Waals surface area contributed by atoms with Crippen molar-refractivity contribution >= 4 is 0 Å². The molecule has 4 heteroatoms. The molecule has 0 aliphatic carbocycles. The molecule has 0 saturated heterocycles. The second-order valence-electron chi connectivity index (χ2n) is 5.11. The lowest BCUT2D eigenvalue weighted by Crippen LogP contribution is -2.27. The molecule has 3 nitrogen and oxygen atoms in total. The Kier molecular flexibility index (Phi) is 4.93. The van der Waals surface area contributed by atoms with Crippen LogP contribution in [0.1, 0.15) is 36.3 Å². The number of hydrogen-bond acceptors (Lipinski definition) is 3. The summed E-state index contributed by atoms with van der Waals surface area (Å²) in [7, 11) is 0. The van der Waals surface area contributed by atoms with Crippen LogP contribution in [0.3, 0.4) is 0 Å². The normalized spacial score (nSPS) is 14.2. The van der Waals surface area contributed by atoms with Crippen molar-refractivity contribution in [3.63, 3.8) is 0 Å². The van der Waals surface area contributed by atoms with Crippen LogP contribution in [-0.2, 0) is 6.54 Å². The Morgan fingerprint density at radius 2 is 1.95 bits per heavy atom. The zero-order valence-electron chi connectivity index (χ0n) is 11.8. The van der Waals surface area contributed by atoms with E-state index >= 15 is 0 Å². The molecule has 0 radical (unpaired) electrons. The molecule has 0 saturated carbocycles. The van der Waals surface area contributed by atoms with Gasteiger partial charge in [0.2, 0.25) is 0 Å². The summed E-state index contributed by atoms with van der Waals surface area (Å²) in [5.74, 6) is 0.619. The topological polar surface area (TPSA) is 45.4 Å². The van der Waals surface area contributed by atoms with Crippen LogP contribution in [-0.4, -0.2) is 11.1 Å². The van der Waals surface area contributed by atoms with E-state index in [4.69, 9.17) is 4.42 Å². The summed E-state index contributed by atoms with van der Waals surface area (Å²) in [6, 6.07) is 8.01. The van der Waals surface area contributed by atoms with Gasteiger partial charge in [0, 0.05) is 6.04 Å². The van der Waals surface area contributed by atoms with Gasteiger partial charge in [-0.3, -0.25) is 0 Å². The highest BCUT2D eigenvalue weighted by atomic mass is 19.1. The van der Waals surface area contributed by atoms with Crippen molar-refractivity contribution in [1.82, 2.24) is 5.32 Å². The van der Waals surface area contributed by atoms with Crippen molar-refractivity contribution in [2.75, 3.05) is 0 Å². The monoisotopic (exact) mass is 277 g/mol. The standard InChI is InChI=1S/C16H20FNO2/c1-11-7-8-20-16(11)10-18-12(2)9-15(19)13-3-5-14(17)6-4-13/h3-8,12,15,18-19H,9-10H2,1-2H3. The molecule has 2 unspecified atom stereocenters. The molecule has 2 N–H and O–H groups in total. The summed E-state index contributed by atoms with van der Waals surface area (Å²) in [4.78, 5) is 0. The third-order valence-electron chi connectivity index (χ3n) is 3.41. The van der Waals surface area contributed by atoms with E-state index in [0.29, 0.717) is 13.0 Å². The Morgan fingerprint density at radius 3 is 2.55 bits per heavy atom. The van der Waals surface area contributed by atoms with Gasteiger partial charge in [0.1, 0.15) is 11.6 Å². The van der Waals surface area contributed by atoms with Crippen LogP contribution in [0.5, 0.6) is 0 Å². The number of rotatable bonds is 6. The Bertz CT molecular complexity index is 536. The van der Waals surface area contributed by atoms with Gasteiger partial charge < -0.3 is 14.8 Å². The summed E-state index contributed by atoms with van der Waals surface area (Å²) < 4.78 is 18.2. The predicted molar refractivity (Wildman–Crippen MR) is 75.7 cm³/mol. The number of nitrogens with one attached hydrogen (secondary N) is 1. The minimum atomic E-state index is -0.601. The van der Waals surface area contributed by atoms with E-state index in [2.05, 4.69) is 5.32 Å². The van der Waals surface area contributed by atoms with Crippen molar-refractivity contribution in [3.05, 3.63) is 59.3 Å². The van der Waals surface area contributed by atoms with E-state index in [1.165, 1.54) is 12.1 Å². The van der Waals surface area contributed by atoms with Gasteiger partial charge in [0.15, 0.2) is 0 Å². The molecule has 2 atom stereocenters. The Balaban J connectivity index is 1.83. The van der Waals surface area contributed by atoms with Gasteiger partial charge >= 0.3 is 0 Å². The van der Waals surface area contributed by atoms with Crippen molar-refractivity contribution in [2.45, 2.75) is 39.0 Å². The number of furan rings is 1. The first-order valence-corrected chi connectivity index (χ1v) is 6.76. The van der Waals surface area contributed by atoms with E-state index in [1.807, 2.05) is 19.9 Å². The van der Waals surface area contributed by atoms with Crippen LogP contribution in [0.4, 0.5) is 4.39 Å². The number of benzene rings is 1. The Hall–Kier alpha value is -1.65. The van der Waals surface area contributed by atoms with Crippen LogP contribution in [0, 0.1) is 12.7 Å². The molecule has 1 aromatic carbocycles. The summed E-state index contributed by atoms with van der Waals surface area (Å²) in [6.07, 6.45) is 1.63. The van der Waals surface area contributed by atoms with Crippen LogP contribution >= 0.6 is 0 Å². The molecule has 0 bridgehead atoms. The molecule has 1 aromatic heterocycles. The summed E-state index contributed by atoms with van der Waals surface area (Å²) in [5.41, 5.74) is 1.85. The first kappa shape index (κ1) is 14.8. The van der Waals surface area contributed by atoms with E-state index in [9.17, 15) is 9.50 Å². The van der Waals surface area contributed by atoms with Gasteiger partial charge in [-0.25, -0.2) is 4.39 Å². The molecule has 2 rings (SSSR count). The molecule has 0 aliphatic heterocycles. The first-order valence-electron chi connectivity index (χ1n) is 6.76. The van der Waals surface area contributed by atoms with Gasteiger partial charge in [-0.15, -0.1) is 0 Å². The highest BCUT2D eigenvalue weighted by Crippen LogP contribution is 2.19. The minimum Gasteiger partial charge on any atom is -0.468 e. The highest BCUT2D eigenvalue weighted by molar-refractivity contribution is 5.18. The molecule has 0 spiro atoms. The molecule has 0 amide bonds. The minimum absolute atomic E-state index is 0.125. The van der Waals surface area contributed by atoms with Gasteiger partial charge in [0.25, 0.3) is 0 Å². The van der Waals surface area contributed by atoms with E-state index in [-0.39, 0.29) is 11.9 Å². The molecule has 2 aromatic rings. The van der Waals surface area contributed by atoms with E-state index in [1.54, 1.807) is 18.4 Å². The molecular formula is C16H20FNO2. The number of aliphatic hydroxyl groups is 1. The fraction of sp³-hybridized carbons (Fsp3) is 0.375. The third-order valence-corrected chi connectivity index (χ3v) is 3.41. The second kappa shape index (κ2) is 6.68. The quantitative estimate of drug-likeness (QED) is 0.851. The maximum atomic E-state index is 12.8. The fourth-order valence-electron chi connectivity index (χ4n) is 2.09. The van der Waals surface area contributed by atoms with Gasteiger partial charge in [0.05, 0.1) is 18.9 Å². The second-order valence-corrected chi connectivity index (χ2v) is 5.11. The summed E-state index contributed by atoms with van der Waals surface area (Å²) in [5, 5.41) is 13.4. The van der Waals surface area contributed by atoms with Gasteiger partial charge in [-0.1, -0.05) is 12.1 Å². The molecule has 0 fully saturated rings.